The number of halogens is 2. The third kappa shape index (κ3) is 4.05. The lowest BCUT2D eigenvalue weighted by atomic mass is 10.1. The van der Waals surface area contributed by atoms with Gasteiger partial charge in [-0.15, -0.1) is 0 Å². The molecule has 11 heteroatoms. The number of nitrogens with zero attached hydrogens (tertiary/aromatic N) is 4. The lowest BCUT2D eigenvalue weighted by Gasteiger charge is -2.15. The minimum Gasteiger partial charge on any atom is -0.294 e. The quantitative estimate of drug-likeness (QED) is 0.262. The van der Waals surface area contributed by atoms with E-state index in [1.54, 1.807) is 0 Å². The number of non-ortho nitro benzene ring substituents is 1. The Morgan fingerprint density at radius 3 is 2.32 bits per heavy atom. The predicted molar refractivity (Wildman–Crippen MR) is 130 cm³/mol. The van der Waals surface area contributed by atoms with E-state index in [2.05, 4.69) is 22.0 Å². The van der Waals surface area contributed by atoms with Crippen LogP contribution in [0.3, 0.4) is 0 Å². The summed E-state index contributed by atoms with van der Waals surface area (Å²) in [5.74, 6) is 0.302. The Hall–Kier alpha value is -2.98. The van der Waals surface area contributed by atoms with Gasteiger partial charge in [0.1, 0.15) is 5.82 Å². The van der Waals surface area contributed by atoms with Gasteiger partial charge in [-0.05, 0) is 29.3 Å². The zero-order chi connectivity index (χ0) is 24.0. The van der Waals surface area contributed by atoms with Crippen LogP contribution in [0, 0.1) is 10.1 Å². The molecule has 1 aliphatic heterocycles. The molecule has 174 valence electrons. The number of imidazole rings is 1. The van der Waals surface area contributed by atoms with E-state index in [1.165, 1.54) is 41.5 Å². The van der Waals surface area contributed by atoms with Gasteiger partial charge in [0, 0.05) is 38.2 Å². The van der Waals surface area contributed by atoms with Crippen LogP contribution in [0.2, 0.25) is 10.0 Å². The van der Waals surface area contributed by atoms with Crippen LogP contribution in [0.25, 0.3) is 11.0 Å². The normalized spacial score (nSPS) is 13.9. The fourth-order valence-corrected chi connectivity index (χ4v) is 6.07. The molecule has 0 atom stereocenters. The highest BCUT2D eigenvalue weighted by atomic mass is 35.5. The number of benzene rings is 3. The van der Waals surface area contributed by atoms with Gasteiger partial charge in [-0.1, -0.05) is 53.5 Å². The molecule has 1 aliphatic rings. The van der Waals surface area contributed by atoms with E-state index in [1.807, 2.05) is 12.1 Å². The molecule has 0 fully saturated rings. The molecule has 0 bridgehead atoms. The molecule has 0 radical (unpaired) electrons. The van der Waals surface area contributed by atoms with Crippen molar-refractivity contribution in [3.05, 3.63) is 97.8 Å². The lowest BCUT2D eigenvalue weighted by molar-refractivity contribution is -0.385. The summed E-state index contributed by atoms with van der Waals surface area (Å²) in [7, 11) is -4.21. The molecule has 0 saturated heterocycles. The molecule has 0 amide bonds. The van der Waals surface area contributed by atoms with E-state index in [4.69, 9.17) is 23.2 Å². The maximum Gasteiger partial charge on any atom is 0.270 e. The number of nitro benzene ring substituents is 1. The number of nitro groups is 1. The Morgan fingerprint density at radius 2 is 1.65 bits per heavy atom. The van der Waals surface area contributed by atoms with Crippen LogP contribution >= 0.6 is 23.2 Å². The van der Waals surface area contributed by atoms with Crippen LogP contribution in [0.4, 0.5) is 5.69 Å². The first-order chi connectivity index (χ1) is 16.2. The van der Waals surface area contributed by atoms with Gasteiger partial charge in [-0.25, -0.2) is 17.4 Å². The highest BCUT2D eigenvalue weighted by molar-refractivity contribution is 7.90. The van der Waals surface area contributed by atoms with Crippen LogP contribution in [-0.2, 0) is 29.5 Å². The maximum atomic E-state index is 13.7. The molecule has 3 aromatic carbocycles. The number of aromatic nitrogens is 2. The van der Waals surface area contributed by atoms with Crippen molar-refractivity contribution >= 4 is 49.9 Å². The first kappa shape index (κ1) is 22.8. The molecule has 34 heavy (non-hydrogen) atoms. The second-order valence-corrected chi connectivity index (χ2v) is 10.6. The Bertz CT molecular complexity index is 1530. The summed E-state index contributed by atoms with van der Waals surface area (Å²) in [6, 6.07) is 16.1. The van der Waals surface area contributed by atoms with E-state index < -0.39 is 14.9 Å². The smallest absolute Gasteiger partial charge is 0.270 e. The summed E-state index contributed by atoms with van der Waals surface area (Å²) in [6.07, 6.45) is 0.339. The van der Waals surface area contributed by atoms with Gasteiger partial charge in [0.05, 0.1) is 30.9 Å². The molecule has 4 aromatic rings. The summed E-state index contributed by atoms with van der Waals surface area (Å²) in [5.41, 5.74) is 2.82. The third-order valence-electron chi connectivity index (χ3n) is 5.84. The largest absolute Gasteiger partial charge is 0.294 e. The summed E-state index contributed by atoms with van der Waals surface area (Å²) in [6.45, 7) is 2.11. The van der Waals surface area contributed by atoms with Crippen LogP contribution < -0.4 is 0 Å². The molecule has 5 rings (SSSR count). The van der Waals surface area contributed by atoms with E-state index in [9.17, 15) is 18.5 Å². The summed E-state index contributed by atoms with van der Waals surface area (Å²) < 4.78 is 28.5. The zero-order valence-corrected chi connectivity index (χ0v) is 20.0. The van der Waals surface area contributed by atoms with E-state index >= 15 is 0 Å². The Kier molecular flexibility index (Phi) is 5.81. The second-order valence-electron chi connectivity index (χ2n) is 8.04. The van der Waals surface area contributed by atoms with Crippen molar-refractivity contribution in [3.63, 3.8) is 0 Å². The van der Waals surface area contributed by atoms with Crippen molar-refractivity contribution < 1.29 is 13.3 Å². The first-order valence-corrected chi connectivity index (χ1v) is 12.6. The molecule has 0 unspecified atom stereocenters. The van der Waals surface area contributed by atoms with Gasteiger partial charge >= 0.3 is 0 Å². The van der Waals surface area contributed by atoms with E-state index in [0.717, 1.165) is 23.1 Å². The van der Waals surface area contributed by atoms with Crippen molar-refractivity contribution in [3.8, 4) is 0 Å². The Balaban J connectivity index is 1.56. The standard InChI is InChI=1S/C23H18Cl2N4O4S/c24-19-11-21-22(12-20(19)25)28(34(32,33)18-7-3-6-17(10-18)29(30)31)23(26-21)8-9-27-13-15-4-1-2-5-16(15)14-27/h1-7,10-12H,8-9,13-14H2. The molecule has 2 heterocycles. The zero-order valence-electron chi connectivity index (χ0n) is 17.7. The Labute approximate surface area is 205 Å². The van der Waals surface area contributed by atoms with E-state index in [0.29, 0.717) is 24.3 Å². The molecule has 0 aliphatic carbocycles. The minimum absolute atomic E-state index is 0.186. The van der Waals surface area contributed by atoms with Crippen LogP contribution in [0.1, 0.15) is 17.0 Å². The molecular formula is C23H18Cl2N4O4S. The molecule has 1 aromatic heterocycles. The molecule has 8 nitrogen and oxygen atoms in total. The maximum absolute atomic E-state index is 13.7. The van der Waals surface area contributed by atoms with Crippen molar-refractivity contribution in [2.45, 2.75) is 24.4 Å². The summed E-state index contributed by atoms with van der Waals surface area (Å²) >= 11 is 12.4. The lowest BCUT2D eigenvalue weighted by Crippen LogP contribution is -2.23. The van der Waals surface area contributed by atoms with Gasteiger partial charge in [-0.3, -0.25) is 15.0 Å². The fourth-order valence-electron chi connectivity index (χ4n) is 4.21. The predicted octanol–water partition coefficient (Wildman–Crippen LogP) is 5.05. The second kappa shape index (κ2) is 8.66. The number of hydrogen-bond donors (Lipinski definition) is 0. The van der Waals surface area contributed by atoms with Crippen molar-refractivity contribution in [1.82, 2.24) is 13.9 Å². The summed E-state index contributed by atoms with van der Waals surface area (Å²) in [4.78, 5) is 17.2. The first-order valence-electron chi connectivity index (χ1n) is 10.4. The van der Waals surface area contributed by atoms with Crippen molar-refractivity contribution in [1.29, 1.82) is 0 Å². The van der Waals surface area contributed by atoms with Gasteiger partial charge in [0.25, 0.3) is 15.7 Å². The number of hydrogen-bond acceptors (Lipinski definition) is 6. The SMILES string of the molecule is O=[N+]([O-])c1cccc(S(=O)(=O)n2c(CCN3Cc4ccccc4C3)nc3cc(Cl)c(Cl)cc32)c1. The molecule has 0 spiro atoms. The van der Waals surface area contributed by atoms with E-state index in [-0.39, 0.29) is 26.1 Å². The minimum atomic E-state index is -4.21. The van der Waals surface area contributed by atoms with Crippen LogP contribution in [0.15, 0.2) is 65.6 Å². The van der Waals surface area contributed by atoms with Crippen molar-refractivity contribution in [2.24, 2.45) is 0 Å². The van der Waals surface area contributed by atoms with Crippen molar-refractivity contribution in [2.75, 3.05) is 6.54 Å². The average molecular weight is 517 g/mol. The van der Waals surface area contributed by atoms with Crippen LogP contribution in [0.5, 0.6) is 0 Å². The van der Waals surface area contributed by atoms with Crippen LogP contribution in [-0.4, -0.2) is 33.7 Å². The highest BCUT2D eigenvalue weighted by Crippen LogP contribution is 2.32. The van der Waals surface area contributed by atoms with Gasteiger partial charge in [0.15, 0.2) is 0 Å². The summed E-state index contributed by atoms with van der Waals surface area (Å²) in [5, 5.41) is 11.7. The average Bonchev–Trinajstić information content (AvgIpc) is 3.39. The number of fused-ring (bicyclic) bond motifs is 2. The highest BCUT2D eigenvalue weighted by Gasteiger charge is 2.27. The topological polar surface area (TPSA) is 98.3 Å². The van der Waals surface area contributed by atoms with Gasteiger partial charge < -0.3 is 0 Å². The molecule has 0 N–H and O–H groups in total. The Morgan fingerprint density at radius 1 is 0.971 bits per heavy atom. The van der Waals surface area contributed by atoms with Gasteiger partial charge in [-0.2, -0.15) is 0 Å². The monoisotopic (exact) mass is 516 g/mol. The van der Waals surface area contributed by atoms with Gasteiger partial charge in [0.2, 0.25) is 0 Å². The number of rotatable bonds is 6. The third-order valence-corrected chi connectivity index (χ3v) is 8.30. The fraction of sp³-hybridized carbons (Fsp3) is 0.174. The molecular weight excluding hydrogens is 499 g/mol. The molecule has 0 saturated carbocycles.